The fraction of sp³-hybridized carbons (Fsp3) is 0.455. The molecule has 1 rings (SSSR count). The molecule has 1 aromatic carbocycles. The van der Waals surface area contributed by atoms with Crippen molar-refractivity contribution in [2.45, 2.75) is 13.0 Å². The number of benzene rings is 1. The van der Waals surface area contributed by atoms with Crippen LogP contribution < -0.4 is 4.74 Å². The van der Waals surface area contributed by atoms with Crippen molar-refractivity contribution in [3.8, 4) is 5.75 Å². The Balaban J connectivity index is 2.96. The Bertz CT molecular complexity index is 351. The van der Waals surface area contributed by atoms with Crippen molar-refractivity contribution in [3.63, 3.8) is 0 Å². The third kappa shape index (κ3) is 2.46. The first-order valence-electron chi connectivity index (χ1n) is 6.38. The summed E-state index contributed by atoms with van der Waals surface area (Å²) in [4.78, 5) is 1.18. The third-order valence-corrected chi connectivity index (χ3v) is 2.02. The molecule has 0 aliphatic heterocycles. The molecule has 0 aromatic heterocycles. The maximum atomic E-state index is 7.36. The van der Waals surface area contributed by atoms with Gasteiger partial charge in [-0.1, -0.05) is 12.1 Å². The second-order valence-electron chi connectivity index (χ2n) is 2.90. The maximum Gasteiger partial charge on any atom is 0.119 e. The van der Waals surface area contributed by atoms with Gasteiger partial charge in [0.15, 0.2) is 0 Å². The van der Waals surface area contributed by atoms with E-state index >= 15 is 0 Å². The van der Waals surface area contributed by atoms with Gasteiger partial charge in [0.05, 0.1) is 7.11 Å². The predicted octanol–water partition coefficient (Wildman–Crippen LogP) is 2.32. The Kier molecular flexibility index (Phi) is 1.86. The summed E-state index contributed by atoms with van der Waals surface area (Å²) in [5, 5.41) is 0. The molecule has 13 heavy (non-hydrogen) atoms. The summed E-state index contributed by atoms with van der Waals surface area (Å²) >= 11 is 0. The predicted molar refractivity (Wildman–Crippen MR) is 55.1 cm³/mol. The average molecular weight is 183 g/mol. The lowest BCUT2D eigenvalue weighted by molar-refractivity contribution is 0.319. The van der Waals surface area contributed by atoms with Gasteiger partial charge in [-0.05, 0) is 38.6 Å². The summed E-state index contributed by atoms with van der Waals surface area (Å²) in [7, 11) is 1.57. The van der Waals surface area contributed by atoms with Gasteiger partial charge in [0.25, 0.3) is 0 Å². The Hall–Kier alpha value is -1.02. The minimum atomic E-state index is -1.34. The summed E-state index contributed by atoms with van der Waals surface area (Å²) in [5.41, 5.74) is 0.832. The molecule has 0 unspecified atom stereocenters. The molecule has 0 N–H and O–H groups in total. The monoisotopic (exact) mass is 183 g/mol. The van der Waals surface area contributed by atoms with Crippen LogP contribution in [0.5, 0.6) is 5.75 Å². The van der Waals surface area contributed by atoms with E-state index in [1.165, 1.54) is 4.90 Å². The number of hydrogen-bond acceptors (Lipinski definition) is 2. The van der Waals surface area contributed by atoms with Crippen LogP contribution >= 0.6 is 0 Å². The van der Waals surface area contributed by atoms with Gasteiger partial charge in [-0.25, -0.2) is 0 Å². The molecule has 0 radical (unpaired) electrons. The Morgan fingerprint density at radius 2 is 2.23 bits per heavy atom. The van der Waals surface area contributed by atoms with E-state index in [4.69, 9.17) is 10.2 Å². The molecule has 0 amide bonds. The molecule has 0 bridgehead atoms. The molecule has 0 spiro atoms. The highest BCUT2D eigenvalue weighted by molar-refractivity contribution is 5.30. The van der Waals surface area contributed by atoms with E-state index < -0.39 is 14.0 Å². The first-order chi connectivity index (χ1) is 7.97. The molecule has 0 heterocycles. The number of ether oxygens (including phenoxy) is 1. The summed E-state index contributed by atoms with van der Waals surface area (Å²) in [6.07, 6.45) is 0. The Morgan fingerprint density at radius 3 is 2.85 bits per heavy atom. The maximum absolute atomic E-state index is 7.36. The first-order valence-corrected chi connectivity index (χ1v) is 4.07. The Labute approximate surface area is 85.7 Å². The summed E-state index contributed by atoms with van der Waals surface area (Å²) in [6, 6.07) is 6.91. The molecule has 2 nitrogen and oxygen atoms in total. The summed E-state index contributed by atoms with van der Waals surface area (Å²) in [5.74, 6) is 0.687. The summed E-state index contributed by atoms with van der Waals surface area (Å²) < 4.78 is 34.6. The zero-order valence-corrected chi connectivity index (χ0v) is 7.90. The first kappa shape index (κ1) is 5.66. The van der Waals surface area contributed by atoms with Crippen LogP contribution in [-0.2, 0) is 0 Å². The third-order valence-electron chi connectivity index (χ3n) is 2.02. The molecule has 0 saturated carbocycles. The second kappa shape index (κ2) is 4.28. The van der Waals surface area contributed by atoms with Gasteiger partial charge in [0.1, 0.15) is 5.75 Å². The van der Waals surface area contributed by atoms with E-state index in [1.807, 2.05) is 12.1 Å². The van der Waals surface area contributed by atoms with E-state index in [-0.39, 0.29) is 6.04 Å². The van der Waals surface area contributed by atoms with Gasteiger partial charge >= 0.3 is 0 Å². The minimum absolute atomic E-state index is 0.343. The van der Waals surface area contributed by atoms with Gasteiger partial charge in [-0.2, -0.15) is 0 Å². The van der Waals surface area contributed by atoms with Crippen molar-refractivity contribution in [3.05, 3.63) is 29.8 Å². The number of methoxy groups -OCH3 is 1. The van der Waals surface area contributed by atoms with Crippen molar-refractivity contribution in [2.75, 3.05) is 21.1 Å². The molecule has 1 aromatic rings. The Morgan fingerprint density at radius 1 is 1.46 bits per heavy atom. The van der Waals surface area contributed by atoms with Crippen LogP contribution in [0.1, 0.15) is 24.0 Å². The molecular formula is C11H17NO. The largest absolute Gasteiger partial charge is 0.497 e. The lowest BCUT2D eigenvalue weighted by Crippen LogP contribution is -2.16. The molecule has 0 saturated heterocycles. The van der Waals surface area contributed by atoms with Gasteiger partial charge < -0.3 is 9.64 Å². The van der Waals surface area contributed by atoms with Crippen LogP contribution in [-0.4, -0.2) is 26.0 Å². The average Bonchev–Trinajstić information content (AvgIpc) is 2.28. The van der Waals surface area contributed by atoms with Crippen molar-refractivity contribution in [1.82, 2.24) is 4.90 Å². The molecule has 1 atom stereocenters. The standard InChI is InChI=1S/C11H17NO/c1-9(12(2)3)10-6-5-7-11(8-10)13-4/h5-9H,1-4H3/t9-/m0/s1/i2D2,3D2. The van der Waals surface area contributed by atoms with E-state index in [0.717, 1.165) is 5.56 Å². The summed E-state index contributed by atoms with van der Waals surface area (Å²) in [6.45, 7) is -0.895. The van der Waals surface area contributed by atoms with E-state index in [1.54, 1.807) is 26.2 Å². The number of rotatable bonds is 3. The number of nitrogens with zero attached hydrogens (tertiary/aromatic N) is 1. The second-order valence-corrected chi connectivity index (χ2v) is 2.90. The van der Waals surface area contributed by atoms with Crippen LogP contribution in [0.2, 0.25) is 0 Å². The van der Waals surface area contributed by atoms with Crippen molar-refractivity contribution >= 4 is 0 Å². The molecule has 0 aliphatic rings. The van der Waals surface area contributed by atoms with Gasteiger partial charge in [-0.15, -0.1) is 0 Å². The highest BCUT2D eigenvalue weighted by atomic mass is 16.5. The van der Waals surface area contributed by atoms with Crippen LogP contribution in [0.3, 0.4) is 0 Å². The molecule has 2 heteroatoms. The fourth-order valence-electron chi connectivity index (χ4n) is 1.07. The van der Waals surface area contributed by atoms with Crippen LogP contribution in [0.15, 0.2) is 24.3 Å². The van der Waals surface area contributed by atoms with E-state index in [2.05, 4.69) is 0 Å². The zero-order chi connectivity index (χ0) is 13.0. The smallest absolute Gasteiger partial charge is 0.119 e. The highest BCUT2D eigenvalue weighted by Gasteiger charge is 2.07. The molecule has 0 aliphatic carbocycles. The topological polar surface area (TPSA) is 12.5 Å². The van der Waals surface area contributed by atoms with Crippen molar-refractivity contribution < 1.29 is 10.2 Å². The van der Waals surface area contributed by atoms with Crippen molar-refractivity contribution in [2.24, 2.45) is 0 Å². The lowest BCUT2D eigenvalue weighted by Gasteiger charge is -2.20. The molecule has 0 fully saturated rings. The van der Waals surface area contributed by atoms with Gasteiger partial charge in [-0.3, -0.25) is 0 Å². The quantitative estimate of drug-likeness (QED) is 0.713. The minimum Gasteiger partial charge on any atom is -0.497 e. The fourth-order valence-corrected chi connectivity index (χ4v) is 1.07. The molecule has 72 valence electrons. The SMILES string of the molecule is [2H]C([2H])N(C([2H])[2H])[C@@H](C)c1cccc(OC)c1. The van der Waals surface area contributed by atoms with Crippen LogP contribution in [0, 0.1) is 0 Å². The van der Waals surface area contributed by atoms with Gasteiger partial charge in [0, 0.05) is 11.5 Å². The highest BCUT2D eigenvalue weighted by Crippen LogP contribution is 2.21. The van der Waals surface area contributed by atoms with E-state index in [9.17, 15) is 0 Å². The van der Waals surface area contributed by atoms with Crippen LogP contribution in [0.25, 0.3) is 0 Å². The zero-order valence-electron chi connectivity index (χ0n) is 11.9. The van der Waals surface area contributed by atoms with Crippen molar-refractivity contribution in [1.29, 1.82) is 0 Å². The lowest BCUT2D eigenvalue weighted by atomic mass is 10.1. The van der Waals surface area contributed by atoms with E-state index in [0.29, 0.717) is 5.75 Å². The van der Waals surface area contributed by atoms with Gasteiger partial charge in [0.2, 0.25) is 0 Å². The number of hydrogen-bond donors (Lipinski definition) is 0. The van der Waals surface area contributed by atoms with Crippen LogP contribution in [0.4, 0.5) is 0 Å². The molecular weight excluding hydrogens is 162 g/mol. The normalized spacial score (nSPS) is 17.9.